The predicted octanol–water partition coefficient (Wildman–Crippen LogP) is 4.57. The van der Waals surface area contributed by atoms with E-state index in [1.807, 2.05) is 25.1 Å². The van der Waals surface area contributed by atoms with Crippen molar-refractivity contribution in [1.82, 2.24) is 0 Å². The van der Waals surface area contributed by atoms with E-state index in [1.165, 1.54) is 12.1 Å². The Morgan fingerprint density at radius 2 is 1.90 bits per heavy atom. The van der Waals surface area contributed by atoms with Crippen LogP contribution in [0.2, 0.25) is 0 Å². The van der Waals surface area contributed by atoms with Crippen molar-refractivity contribution in [3.63, 3.8) is 0 Å². The van der Waals surface area contributed by atoms with E-state index in [-0.39, 0.29) is 6.42 Å². The van der Waals surface area contributed by atoms with E-state index in [0.717, 1.165) is 10.5 Å². The van der Waals surface area contributed by atoms with Gasteiger partial charge in [0.1, 0.15) is 11.6 Å². The summed E-state index contributed by atoms with van der Waals surface area (Å²) in [6, 6.07) is 10.7. The smallest absolute Gasteiger partial charge is 0.129 e. The van der Waals surface area contributed by atoms with E-state index < -0.39 is 17.2 Å². The topological polar surface area (TPSA) is 20.2 Å². The molecule has 0 saturated heterocycles. The van der Waals surface area contributed by atoms with Crippen LogP contribution in [0.4, 0.5) is 8.78 Å². The van der Waals surface area contributed by atoms with Crippen molar-refractivity contribution < 1.29 is 13.9 Å². The van der Waals surface area contributed by atoms with Crippen molar-refractivity contribution in [3.8, 4) is 0 Å². The van der Waals surface area contributed by atoms with Gasteiger partial charge >= 0.3 is 0 Å². The minimum atomic E-state index is -1.18. The predicted molar refractivity (Wildman–Crippen MR) is 78.4 cm³/mol. The van der Waals surface area contributed by atoms with Crippen molar-refractivity contribution in [2.24, 2.45) is 0 Å². The molecule has 0 aliphatic carbocycles. The summed E-state index contributed by atoms with van der Waals surface area (Å²) in [5, 5.41) is 10.8. The highest BCUT2D eigenvalue weighted by molar-refractivity contribution is 9.10. The van der Waals surface area contributed by atoms with Crippen LogP contribution in [-0.2, 0) is 12.0 Å². The van der Waals surface area contributed by atoms with Crippen LogP contribution in [0, 0.1) is 11.6 Å². The normalized spacial score (nSPS) is 14.1. The molecular weight excluding hydrogens is 326 g/mol. The molecule has 106 valence electrons. The van der Waals surface area contributed by atoms with E-state index in [2.05, 4.69) is 15.9 Å². The van der Waals surface area contributed by atoms with Gasteiger partial charge in [-0.2, -0.15) is 0 Å². The number of rotatable bonds is 4. The molecule has 0 fully saturated rings. The molecule has 1 atom stereocenters. The molecule has 1 unspecified atom stereocenters. The molecule has 0 heterocycles. The highest BCUT2D eigenvalue weighted by Crippen LogP contribution is 2.31. The highest BCUT2D eigenvalue weighted by Gasteiger charge is 2.28. The lowest BCUT2D eigenvalue weighted by Crippen LogP contribution is -2.28. The average Bonchev–Trinajstić information content (AvgIpc) is 2.42. The molecule has 4 heteroatoms. The Bertz CT molecular complexity index is 615. The number of halogens is 3. The third kappa shape index (κ3) is 3.25. The van der Waals surface area contributed by atoms with Crippen molar-refractivity contribution in [1.29, 1.82) is 0 Å². The molecule has 0 aromatic heterocycles. The van der Waals surface area contributed by atoms with Crippen LogP contribution in [0.15, 0.2) is 46.9 Å². The van der Waals surface area contributed by atoms with Crippen molar-refractivity contribution in [3.05, 3.63) is 69.7 Å². The lowest BCUT2D eigenvalue weighted by Gasteiger charge is -2.28. The second kappa shape index (κ2) is 6.02. The van der Waals surface area contributed by atoms with Gasteiger partial charge in [0.15, 0.2) is 0 Å². The van der Waals surface area contributed by atoms with E-state index >= 15 is 0 Å². The van der Waals surface area contributed by atoms with Gasteiger partial charge in [-0.15, -0.1) is 0 Å². The van der Waals surface area contributed by atoms with Gasteiger partial charge in [0.05, 0.1) is 5.60 Å². The molecule has 2 rings (SSSR count). The second-order valence-corrected chi connectivity index (χ2v) is 5.72. The van der Waals surface area contributed by atoms with E-state index in [4.69, 9.17) is 0 Å². The van der Waals surface area contributed by atoms with Crippen LogP contribution in [0.1, 0.15) is 24.5 Å². The van der Waals surface area contributed by atoms with Crippen molar-refractivity contribution >= 4 is 15.9 Å². The van der Waals surface area contributed by atoms with Gasteiger partial charge in [-0.3, -0.25) is 0 Å². The van der Waals surface area contributed by atoms with Gasteiger partial charge in [-0.25, -0.2) is 8.78 Å². The van der Waals surface area contributed by atoms with Gasteiger partial charge in [0, 0.05) is 17.0 Å². The molecule has 1 N–H and O–H groups in total. The van der Waals surface area contributed by atoms with Crippen LogP contribution < -0.4 is 0 Å². The summed E-state index contributed by atoms with van der Waals surface area (Å²) in [5.74, 6) is -1.25. The summed E-state index contributed by atoms with van der Waals surface area (Å²) >= 11 is 3.36. The minimum absolute atomic E-state index is 0.103. The molecule has 2 aromatic rings. The summed E-state index contributed by atoms with van der Waals surface area (Å²) in [4.78, 5) is 0. The molecule has 0 bridgehead atoms. The number of hydrogen-bond acceptors (Lipinski definition) is 1. The number of aliphatic hydroxyl groups is 1. The fourth-order valence-corrected chi connectivity index (χ4v) is 2.59. The maximum atomic E-state index is 13.8. The van der Waals surface area contributed by atoms with E-state index in [0.29, 0.717) is 17.5 Å². The maximum Gasteiger partial charge on any atom is 0.129 e. The Labute approximate surface area is 125 Å². The average molecular weight is 341 g/mol. The molecule has 20 heavy (non-hydrogen) atoms. The first kappa shape index (κ1) is 15.1. The molecule has 0 spiro atoms. The van der Waals surface area contributed by atoms with Crippen LogP contribution in [0.3, 0.4) is 0 Å². The molecule has 0 radical (unpaired) electrons. The Balaban J connectivity index is 2.36. The molecule has 0 amide bonds. The third-order valence-corrected chi connectivity index (χ3v) is 3.94. The lowest BCUT2D eigenvalue weighted by atomic mass is 9.85. The fraction of sp³-hybridized carbons (Fsp3) is 0.250. The SMILES string of the molecule is CCC(O)(Cc1ccc(F)cc1F)c1cccc(Br)c1. The lowest BCUT2D eigenvalue weighted by molar-refractivity contribution is 0.0318. The quantitative estimate of drug-likeness (QED) is 0.864. The molecule has 0 aliphatic heterocycles. The summed E-state index contributed by atoms with van der Waals surface area (Å²) in [5.41, 5.74) is -0.170. The number of benzene rings is 2. The van der Waals surface area contributed by atoms with Gasteiger partial charge in [0.2, 0.25) is 0 Å². The second-order valence-electron chi connectivity index (χ2n) is 4.81. The van der Waals surface area contributed by atoms with Gasteiger partial charge in [0.25, 0.3) is 0 Å². The molecule has 1 nitrogen and oxygen atoms in total. The first-order chi connectivity index (χ1) is 9.44. The molecule has 0 aliphatic rings. The Kier molecular flexibility index (Phi) is 4.55. The van der Waals surface area contributed by atoms with Crippen LogP contribution in [0.5, 0.6) is 0 Å². The zero-order chi connectivity index (χ0) is 14.8. The molecular formula is C16H15BrF2O. The first-order valence-electron chi connectivity index (χ1n) is 6.37. The number of hydrogen-bond donors (Lipinski definition) is 1. The standard InChI is InChI=1S/C16H15BrF2O/c1-2-16(20,12-4-3-5-13(17)8-12)10-11-6-7-14(18)9-15(11)19/h3-9,20H,2,10H2,1H3. The van der Waals surface area contributed by atoms with Crippen LogP contribution >= 0.6 is 15.9 Å². The minimum Gasteiger partial charge on any atom is -0.385 e. The van der Waals surface area contributed by atoms with Gasteiger partial charge in [-0.05, 0) is 35.7 Å². The summed E-state index contributed by atoms with van der Waals surface area (Å²) in [6.07, 6.45) is 0.534. The van der Waals surface area contributed by atoms with Crippen molar-refractivity contribution in [2.45, 2.75) is 25.4 Å². The fourth-order valence-electron chi connectivity index (χ4n) is 2.19. The van der Waals surface area contributed by atoms with Gasteiger partial charge < -0.3 is 5.11 Å². The van der Waals surface area contributed by atoms with E-state index in [1.54, 1.807) is 6.07 Å². The van der Waals surface area contributed by atoms with E-state index in [9.17, 15) is 13.9 Å². The first-order valence-corrected chi connectivity index (χ1v) is 7.16. The van der Waals surface area contributed by atoms with Gasteiger partial charge in [-0.1, -0.05) is 41.1 Å². The molecule has 2 aromatic carbocycles. The third-order valence-electron chi connectivity index (χ3n) is 3.44. The van der Waals surface area contributed by atoms with Crippen molar-refractivity contribution in [2.75, 3.05) is 0 Å². The zero-order valence-electron chi connectivity index (χ0n) is 11.0. The Morgan fingerprint density at radius 3 is 2.50 bits per heavy atom. The summed E-state index contributed by atoms with van der Waals surface area (Å²) < 4.78 is 27.5. The maximum absolute atomic E-state index is 13.8. The summed E-state index contributed by atoms with van der Waals surface area (Å²) in [6.45, 7) is 1.84. The highest BCUT2D eigenvalue weighted by atomic mass is 79.9. The monoisotopic (exact) mass is 340 g/mol. The zero-order valence-corrected chi connectivity index (χ0v) is 12.6. The Hall–Kier alpha value is -1.26. The Morgan fingerprint density at radius 1 is 1.15 bits per heavy atom. The van der Waals surface area contributed by atoms with Crippen LogP contribution in [-0.4, -0.2) is 5.11 Å². The summed E-state index contributed by atoms with van der Waals surface area (Å²) in [7, 11) is 0. The van der Waals surface area contributed by atoms with Crippen LogP contribution in [0.25, 0.3) is 0 Å². The largest absolute Gasteiger partial charge is 0.385 e. The molecule has 0 saturated carbocycles.